The van der Waals surface area contributed by atoms with Gasteiger partial charge in [-0.2, -0.15) is 0 Å². The van der Waals surface area contributed by atoms with Crippen LogP contribution in [-0.2, 0) is 9.84 Å². The summed E-state index contributed by atoms with van der Waals surface area (Å²) in [6, 6.07) is 7.64. The van der Waals surface area contributed by atoms with Crippen LogP contribution in [-0.4, -0.2) is 25.9 Å². The molecule has 102 valence electrons. The summed E-state index contributed by atoms with van der Waals surface area (Å²) < 4.78 is 24.3. The van der Waals surface area contributed by atoms with E-state index in [1.165, 1.54) is 0 Å². The molecule has 0 aliphatic heterocycles. The Balaban J connectivity index is 2.67. The van der Waals surface area contributed by atoms with E-state index in [9.17, 15) is 8.42 Å². The van der Waals surface area contributed by atoms with Gasteiger partial charge >= 0.3 is 0 Å². The first-order valence-electron chi connectivity index (χ1n) is 6.36. The second-order valence-corrected chi connectivity index (χ2v) is 7.15. The van der Waals surface area contributed by atoms with Crippen LogP contribution in [0.25, 0.3) is 0 Å². The lowest BCUT2D eigenvalue weighted by Crippen LogP contribution is -2.14. The van der Waals surface area contributed by atoms with Crippen molar-refractivity contribution >= 4 is 9.84 Å². The summed E-state index contributed by atoms with van der Waals surface area (Å²) in [6.07, 6.45) is 2.06. The molecule has 0 saturated carbocycles. The number of sulfone groups is 1. The van der Waals surface area contributed by atoms with Crippen LogP contribution >= 0.6 is 0 Å². The molecule has 0 saturated heterocycles. The van der Waals surface area contributed by atoms with E-state index in [1.807, 2.05) is 31.2 Å². The maximum absolute atomic E-state index is 12.1. The number of unbranched alkanes of at least 4 members (excludes halogenated alkanes) is 2. The van der Waals surface area contributed by atoms with Crippen molar-refractivity contribution in [3.63, 3.8) is 0 Å². The minimum atomic E-state index is -3.09. The molecule has 0 bridgehead atoms. The smallest absolute Gasteiger partial charge is 0.157 e. The Morgan fingerprint density at radius 2 is 1.94 bits per heavy atom. The van der Waals surface area contributed by atoms with Crippen molar-refractivity contribution in [2.24, 2.45) is 0 Å². The minimum Gasteiger partial charge on any atom is -0.396 e. The molecule has 1 atom stereocenters. The lowest BCUT2D eigenvalue weighted by atomic mass is 10.1. The highest BCUT2D eigenvalue weighted by molar-refractivity contribution is 7.91. The molecule has 0 aliphatic rings. The molecule has 1 N–H and O–H groups in total. The van der Waals surface area contributed by atoms with Gasteiger partial charge in [0.1, 0.15) is 0 Å². The largest absolute Gasteiger partial charge is 0.396 e. The lowest BCUT2D eigenvalue weighted by molar-refractivity contribution is 0.284. The molecule has 18 heavy (non-hydrogen) atoms. The Bertz CT molecular complexity index is 466. The molecule has 1 aromatic rings. The molecule has 0 aromatic heterocycles. The van der Waals surface area contributed by atoms with Gasteiger partial charge < -0.3 is 5.11 Å². The fourth-order valence-corrected chi connectivity index (χ4v) is 3.42. The quantitative estimate of drug-likeness (QED) is 0.775. The Morgan fingerprint density at radius 3 is 2.56 bits per heavy atom. The number of rotatable bonds is 7. The third-order valence-corrected chi connectivity index (χ3v) is 5.34. The average Bonchev–Trinajstić information content (AvgIpc) is 2.34. The van der Waals surface area contributed by atoms with E-state index in [1.54, 1.807) is 6.92 Å². The maximum Gasteiger partial charge on any atom is 0.157 e. The van der Waals surface area contributed by atoms with E-state index in [4.69, 9.17) is 5.11 Å². The van der Waals surface area contributed by atoms with Crippen molar-refractivity contribution in [3.8, 4) is 0 Å². The fourth-order valence-electron chi connectivity index (χ4n) is 1.90. The van der Waals surface area contributed by atoms with Gasteiger partial charge in [-0.15, -0.1) is 0 Å². The Hall–Kier alpha value is -0.870. The van der Waals surface area contributed by atoms with Crippen LogP contribution in [0.4, 0.5) is 0 Å². The van der Waals surface area contributed by atoms with E-state index < -0.39 is 15.1 Å². The zero-order valence-electron chi connectivity index (χ0n) is 11.1. The number of aliphatic hydroxyl groups excluding tert-OH is 1. The summed E-state index contributed by atoms with van der Waals surface area (Å²) in [6.45, 7) is 3.84. The van der Waals surface area contributed by atoms with Gasteiger partial charge in [-0.05, 0) is 32.3 Å². The van der Waals surface area contributed by atoms with Crippen LogP contribution in [0.5, 0.6) is 0 Å². The van der Waals surface area contributed by atoms with Crippen molar-refractivity contribution in [3.05, 3.63) is 35.4 Å². The van der Waals surface area contributed by atoms with Gasteiger partial charge in [0.05, 0.1) is 11.0 Å². The number of aliphatic hydroxyl groups is 1. The molecule has 1 rings (SSSR count). The molecular formula is C14H22O3S. The molecule has 4 heteroatoms. The highest BCUT2D eigenvalue weighted by atomic mass is 32.2. The summed E-state index contributed by atoms with van der Waals surface area (Å²) in [4.78, 5) is 0. The van der Waals surface area contributed by atoms with Crippen LogP contribution in [0.1, 0.15) is 42.6 Å². The van der Waals surface area contributed by atoms with E-state index in [0.29, 0.717) is 12.8 Å². The Labute approximate surface area is 110 Å². The van der Waals surface area contributed by atoms with Crippen molar-refractivity contribution in [2.75, 3.05) is 12.4 Å². The van der Waals surface area contributed by atoms with Crippen LogP contribution in [0.3, 0.4) is 0 Å². The van der Waals surface area contributed by atoms with E-state index >= 15 is 0 Å². The van der Waals surface area contributed by atoms with Gasteiger partial charge in [-0.3, -0.25) is 0 Å². The zero-order chi connectivity index (χ0) is 13.6. The van der Waals surface area contributed by atoms with Crippen molar-refractivity contribution < 1.29 is 13.5 Å². The number of aryl methyl sites for hydroxylation is 1. The second-order valence-electron chi connectivity index (χ2n) is 4.71. The molecule has 0 amide bonds. The summed E-state index contributed by atoms with van der Waals surface area (Å²) in [7, 11) is -3.09. The molecule has 0 heterocycles. The molecule has 0 radical (unpaired) electrons. The molecular weight excluding hydrogens is 248 g/mol. The van der Waals surface area contributed by atoms with Gasteiger partial charge in [0.15, 0.2) is 9.84 Å². The third kappa shape index (κ3) is 4.42. The molecule has 0 fully saturated rings. The zero-order valence-corrected chi connectivity index (χ0v) is 11.9. The minimum absolute atomic E-state index is 0.132. The van der Waals surface area contributed by atoms with E-state index in [0.717, 1.165) is 17.5 Å². The van der Waals surface area contributed by atoms with Crippen molar-refractivity contribution in [1.82, 2.24) is 0 Å². The van der Waals surface area contributed by atoms with E-state index in [2.05, 4.69) is 0 Å². The highest BCUT2D eigenvalue weighted by Crippen LogP contribution is 2.24. The molecule has 0 spiro atoms. The fraction of sp³-hybridized carbons (Fsp3) is 0.571. The molecule has 1 unspecified atom stereocenters. The maximum atomic E-state index is 12.1. The van der Waals surface area contributed by atoms with Crippen LogP contribution in [0.2, 0.25) is 0 Å². The predicted octanol–water partition coefficient (Wildman–Crippen LogP) is 2.63. The van der Waals surface area contributed by atoms with Crippen LogP contribution in [0, 0.1) is 6.92 Å². The van der Waals surface area contributed by atoms with Gasteiger partial charge in [-0.25, -0.2) is 8.42 Å². The first-order chi connectivity index (χ1) is 8.47. The van der Waals surface area contributed by atoms with Gasteiger partial charge in [0.25, 0.3) is 0 Å². The van der Waals surface area contributed by atoms with Gasteiger partial charge in [0, 0.05) is 6.61 Å². The summed E-state index contributed by atoms with van der Waals surface area (Å²) >= 11 is 0. The van der Waals surface area contributed by atoms with E-state index in [-0.39, 0.29) is 12.4 Å². The van der Waals surface area contributed by atoms with Gasteiger partial charge in [-0.1, -0.05) is 36.2 Å². The molecule has 0 aliphatic carbocycles. The summed E-state index contributed by atoms with van der Waals surface area (Å²) in [5.74, 6) is 0.197. The number of hydrogen-bond acceptors (Lipinski definition) is 3. The highest BCUT2D eigenvalue weighted by Gasteiger charge is 2.21. The average molecular weight is 270 g/mol. The monoisotopic (exact) mass is 270 g/mol. The summed E-state index contributed by atoms with van der Waals surface area (Å²) in [5.41, 5.74) is 1.94. The first-order valence-corrected chi connectivity index (χ1v) is 8.08. The SMILES string of the molecule is Cc1cccc(C(C)S(=O)(=O)CCCCCO)c1. The lowest BCUT2D eigenvalue weighted by Gasteiger charge is -2.13. The van der Waals surface area contributed by atoms with Crippen molar-refractivity contribution in [2.45, 2.75) is 38.4 Å². The summed E-state index contributed by atoms with van der Waals surface area (Å²) in [5, 5.41) is 8.21. The topological polar surface area (TPSA) is 54.4 Å². The van der Waals surface area contributed by atoms with Crippen molar-refractivity contribution in [1.29, 1.82) is 0 Å². The standard InChI is InChI=1S/C14H22O3S/c1-12-7-6-8-14(11-12)13(2)18(16,17)10-5-3-4-9-15/h6-8,11,13,15H,3-5,9-10H2,1-2H3. The Morgan fingerprint density at radius 1 is 1.22 bits per heavy atom. The predicted molar refractivity (Wildman–Crippen MR) is 74.3 cm³/mol. The number of hydrogen-bond donors (Lipinski definition) is 1. The first kappa shape index (κ1) is 15.2. The Kier molecular flexibility index (Phi) is 5.82. The molecule has 3 nitrogen and oxygen atoms in total. The second kappa shape index (κ2) is 6.90. The molecule has 1 aromatic carbocycles. The normalized spacial score (nSPS) is 13.5. The van der Waals surface area contributed by atoms with Crippen LogP contribution in [0.15, 0.2) is 24.3 Å². The third-order valence-electron chi connectivity index (χ3n) is 3.14. The number of benzene rings is 1. The van der Waals surface area contributed by atoms with Crippen LogP contribution < -0.4 is 0 Å². The van der Waals surface area contributed by atoms with Gasteiger partial charge in [0.2, 0.25) is 0 Å².